The van der Waals surface area contributed by atoms with E-state index in [0.29, 0.717) is 0 Å². The van der Waals surface area contributed by atoms with Gasteiger partial charge in [-0.2, -0.15) is 0 Å². The van der Waals surface area contributed by atoms with Gasteiger partial charge in [0.1, 0.15) is 50.3 Å². The quantitative estimate of drug-likeness (QED) is 0.112. The van der Waals surface area contributed by atoms with Crippen LogP contribution in [0.1, 0.15) is 83.1 Å². The minimum absolute atomic E-state index is 0.450. The van der Waals surface area contributed by atoms with Crippen LogP contribution in [0.3, 0.4) is 0 Å². The molecule has 4 aliphatic heterocycles. The number of ether oxygens (including phenoxy) is 17. The van der Waals surface area contributed by atoms with Gasteiger partial charge in [-0.1, -0.05) is 0 Å². The normalized spacial score (nSPS) is 33.1. The van der Waals surface area contributed by atoms with E-state index in [9.17, 15) is 52.7 Å². The minimum Gasteiger partial charge on any atom is -0.491 e. The fraction of sp³-hybridized carbons (Fsp3) is 0.717. The van der Waals surface area contributed by atoms with E-state index in [1.807, 2.05) is 0 Å². The second-order valence-electron chi connectivity index (χ2n) is 17.3. The third kappa shape index (κ3) is 18.1. The molecule has 0 aromatic heterocycles. The Labute approximate surface area is 429 Å². The Hall–Kier alpha value is -6.53. The highest BCUT2D eigenvalue weighted by atomic mass is 16.8. The van der Waals surface area contributed by atoms with Crippen LogP contribution in [-0.4, -0.2) is 196 Å². The summed E-state index contributed by atoms with van der Waals surface area (Å²) in [4.78, 5) is 139. The summed E-state index contributed by atoms with van der Waals surface area (Å²) >= 11 is 0. The number of amides is 1. The zero-order chi connectivity index (χ0) is 56.0. The standard InChI is InChI=1S/C46H63NO28/c1-18-35(64-23(6)52)40(68-27(10)56)42(70-29(12)58)45(63-18)75-43-41(69-28(11)57)38(67-26(9)55)33(17-62-22(5)51)73-46(43)74-39-34(47-19(2)48)44(72-32(16-61-21(4)50)37(39)66-25(8)54)71-30-13-14-59-31(15-60-20(3)49)36(30)65-24(7)53/h13-14,18,30-46H,15-17H2,1-12H3,(H,47,48)/t18-,30+,31+,32+,33+,34+,35+,36+,37-,38-,39+,40+,41-,42-,43+,44+,45-,46-/m0/s1. The van der Waals surface area contributed by atoms with E-state index in [1.54, 1.807) is 0 Å². The van der Waals surface area contributed by atoms with Crippen molar-refractivity contribution in [3.05, 3.63) is 12.3 Å². The molecule has 29 heteroatoms. The summed E-state index contributed by atoms with van der Waals surface area (Å²) in [5.74, 6) is -9.90. The van der Waals surface area contributed by atoms with Crippen LogP contribution in [0.5, 0.6) is 0 Å². The van der Waals surface area contributed by atoms with E-state index < -0.39 is 196 Å². The number of hydrogen-bond acceptors (Lipinski definition) is 28. The molecule has 29 nitrogen and oxygen atoms in total. The van der Waals surface area contributed by atoms with Gasteiger partial charge in [0.2, 0.25) is 5.91 Å². The van der Waals surface area contributed by atoms with Gasteiger partial charge in [0.25, 0.3) is 0 Å². The molecule has 0 aromatic rings. The Morgan fingerprint density at radius 1 is 0.387 bits per heavy atom. The zero-order valence-electron chi connectivity index (χ0n) is 43.1. The third-order valence-corrected chi connectivity index (χ3v) is 10.9. The van der Waals surface area contributed by atoms with Crippen LogP contribution in [0, 0.1) is 0 Å². The van der Waals surface area contributed by atoms with Crippen LogP contribution >= 0.6 is 0 Å². The first kappa shape index (κ1) is 61.0. The van der Waals surface area contributed by atoms with Crippen molar-refractivity contribution in [3.63, 3.8) is 0 Å². The van der Waals surface area contributed by atoms with Gasteiger partial charge in [-0.15, -0.1) is 0 Å². The lowest BCUT2D eigenvalue weighted by Crippen LogP contribution is -2.70. The summed E-state index contributed by atoms with van der Waals surface area (Å²) in [6.07, 6.45) is -26.2. The van der Waals surface area contributed by atoms with Gasteiger partial charge in [-0.3, -0.25) is 52.7 Å². The lowest BCUT2D eigenvalue weighted by atomic mass is 9.94. The van der Waals surface area contributed by atoms with Crippen LogP contribution in [-0.2, 0) is 133 Å². The molecule has 0 bridgehead atoms. The molecule has 0 aliphatic carbocycles. The van der Waals surface area contributed by atoms with Crippen molar-refractivity contribution in [2.45, 2.75) is 193 Å². The highest BCUT2D eigenvalue weighted by molar-refractivity contribution is 5.73. The van der Waals surface area contributed by atoms with Crippen LogP contribution < -0.4 is 5.32 Å². The molecule has 0 saturated carbocycles. The summed E-state index contributed by atoms with van der Waals surface area (Å²) in [5, 5.41) is 2.62. The number of nitrogens with one attached hydrogen (secondary N) is 1. The summed E-state index contributed by atoms with van der Waals surface area (Å²) in [5.41, 5.74) is 0. The molecular formula is C46H63NO28. The lowest BCUT2D eigenvalue weighted by molar-refractivity contribution is -0.382. The predicted octanol–water partition coefficient (Wildman–Crippen LogP) is -1.03. The van der Waals surface area contributed by atoms with Gasteiger partial charge in [-0.05, 0) is 13.0 Å². The van der Waals surface area contributed by atoms with Gasteiger partial charge in [0, 0.05) is 76.2 Å². The first-order chi connectivity index (χ1) is 35.1. The van der Waals surface area contributed by atoms with Crippen LogP contribution in [0.25, 0.3) is 0 Å². The average Bonchev–Trinajstić information content (AvgIpc) is 3.27. The maximum absolute atomic E-state index is 13.3. The molecule has 75 heavy (non-hydrogen) atoms. The Kier molecular flexibility index (Phi) is 22.7. The molecule has 4 aliphatic rings. The van der Waals surface area contributed by atoms with Crippen molar-refractivity contribution >= 4 is 65.6 Å². The van der Waals surface area contributed by atoms with Gasteiger partial charge in [0.05, 0.1) is 12.4 Å². The van der Waals surface area contributed by atoms with Gasteiger partial charge >= 0.3 is 59.7 Å². The van der Waals surface area contributed by atoms with Crippen molar-refractivity contribution in [2.24, 2.45) is 0 Å². The maximum Gasteiger partial charge on any atom is 0.303 e. The van der Waals surface area contributed by atoms with E-state index in [0.717, 1.165) is 82.4 Å². The van der Waals surface area contributed by atoms with E-state index >= 15 is 0 Å². The highest BCUT2D eigenvalue weighted by Crippen LogP contribution is 2.38. The van der Waals surface area contributed by atoms with E-state index in [-0.39, 0.29) is 0 Å². The smallest absolute Gasteiger partial charge is 0.303 e. The van der Waals surface area contributed by atoms with Crippen molar-refractivity contribution in [3.8, 4) is 0 Å². The molecule has 0 radical (unpaired) electrons. The maximum atomic E-state index is 13.3. The average molecular weight is 1080 g/mol. The summed E-state index contributed by atoms with van der Waals surface area (Å²) in [7, 11) is 0. The number of esters is 10. The molecular weight excluding hydrogens is 1010 g/mol. The molecule has 420 valence electrons. The molecule has 18 atom stereocenters. The van der Waals surface area contributed by atoms with Crippen molar-refractivity contribution in [1.82, 2.24) is 5.32 Å². The molecule has 0 spiro atoms. The molecule has 1 N–H and O–H groups in total. The minimum atomic E-state index is -2.12. The largest absolute Gasteiger partial charge is 0.491 e. The molecule has 0 aromatic carbocycles. The summed E-state index contributed by atoms with van der Waals surface area (Å²) in [6.45, 7) is 10.8. The number of rotatable bonds is 20. The van der Waals surface area contributed by atoms with E-state index in [2.05, 4.69) is 5.32 Å². The fourth-order valence-electron chi connectivity index (χ4n) is 8.32. The van der Waals surface area contributed by atoms with Crippen LogP contribution in [0.2, 0.25) is 0 Å². The molecule has 1 amide bonds. The van der Waals surface area contributed by atoms with Gasteiger partial charge in [0.15, 0.2) is 73.8 Å². The summed E-state index contributed by atoms with van der Waals surface area (Å²) in [6, 6.07) is -1.70. The second-order valence-corrected chi connectivity index (χ2v) is 17.3. The Bertz CT molecular complexity index is 2130. The van der Waals surface area contributed by atoms with Crippen LogP contribution in [0.4, 0.5) is 0 Å². The molecule has 4 rings (SSSR count). The van der Waals surface area contributed by atoms with Crippen molar-refractivity contribution < 1.29 is 133 Å². The Morgan fingerprint density at radius 3 is 1.23 bits per heavy atom. The predicted molar refractivity (Wildman–Crippen MR) is 237 cm³/mol. The first-order valence-corrected chi connectivity index (χ1v) is 23.3. The van der Waals surface area contributed by atoms with Crippen molar-refractivity contribution in [1.29, 1.82) is 0 Å². The molecule has 4 heterocycles. The number of carbonyl (C=O) groups excluding carboxylic acids is 11. The molecule has 3 fully saturated rings. The molecule has 3 saturated heterocycles. The topological polar surface area (TPSA) is 357 Å². The monoisotopic (exact) mass is 1080 g/mol. The number of hydrogen-bond donors (Lipinski definition) is 1. The Morgan fingerprint density at radius 2 is 0.760 bits per heavy atom. The van der Waals surface area contributed by atoms with Gasteiger partial charge < -0.3 is 85.8 Å². The van der Waals surface area contributed by atoms with E-state index in [4.69, 9.17) is 80.5 Å². The number of carbonyl (C=O) groups is 11. The van der Waals surface area contributed by atoms with E-state index in [1.165, 1.54) is 13.0 Å². The van der Waals surface area contributed by atoms with Crippen molar-refractivity contribution in [2.75, 3.05) is 19.8 Å². The van der Waals surface area contributed by atoms with Gasteiger partial charge in [-0.25, -0.2) is 0 Å². The third-order valence-electron chi connectivity index (χ3n) is 10.9. The molecule has 0 unspecified atom stereocenters. The summed E-state index contributed by atoms with van der Waals surface area (Å²) < 4.78 is 99.3. The Balaban J connectivity index is 2.01. The first-order valence-electron chi connectivity index (χ1n) is 23.3. The highest BCUT2D eigenvalue weighted by Gasteiger charge is 2.60. The second kappa shape index (κ2) is 27.8. The SMILES string of the molecule is CC(=O)N[C@H]1[C@H](O[C@@H]2C=CO[C@H](COC(C)=O)[C@@H]2OC(C)=O)O[C@H](COC(C)=O)[C@H](OC(C)=O)[C@@H]1O[C@@H]1O[C@H](COC(C)=O)[C@H](OC(C)=O)[C@H](OC(C)=O)[C@H]1O[C@@H]1O[C@@H](C)[C@@H](OC(C)=O)[C@@H](OC(C)=O)[C@@H]1OC(C)=O. The van der Waals surface area contributed by atoms with Crippen LogP contribution in [0.15, 0.2) is 12.3 Å². The fourth-order valence-corrected chi connectivity index (χ4v) is 8.32. The lowest BCUT2D eigenvalue weighted by Gasteiger charge is -2.51. The zero-order valence-corrected chi connectivity index (χ0v) is 43.1.